The Labute approximate surface area is 351 Å². The third-order valence-electron chi connectivity index (χ3n) is 7.96. The van der Waals surface area contributed by atoms with Gasteiger partial charge in [0, 0.05) is 11.1 Å². The van der Waals surface area contributed by atoms with E-state index in [0.717, 1.165) is 11.1 Å². The molecule has 4 atom stereocenters. The van der Waals surface area contributed by atoms with Gasteiger partial charge in [-0.05, 0) is 95.5 Å². The molecule has 4 amide bonds. The summed E-state index contributed by atoms with van der Waals surface area (Å²) in [6, 6.07) is 14.2. The smallest absolute Gasteiger partial charge is 0.270 e. The number of benzene rings is 2. The van der Waals surface area contributed by atoms with E-state index in [1.54, 1.807) is 46.4 Å². The van der Waals surface area contributed by atoms with Crippen molar-refractivity contribution in [3.05, 3.63) is 92.9 Å². The highest BCUT2D eigenvalue weighted by Gasteiger charge is 2.47. The minimum absolute atomic E-state index is 0.0368. The Hall–Kier alpha value is -2.97. The van der Waals surface area contributed by atoms with Crippen LogP contribution in [0.5, 0.6) is 0 Å². The number of ether oxygens (including phenoxy) is 2. The molecule has 4 N–H and O–H groups in total. The van der Waals surface area contributed by atoms with Crippen LogP contribution in [0.4, 0.5) is 0 Å². The van der Waals surface area contributed by atoms with Gasteiger partial charge in [-0.15, -0.1) is 0 Å². The van der Waals surface area contributed by atoms with Crippen LogP contribution in [0, 0.1) is 0 Å². The molecule has 0 fully saturated rings. The Morgan fingerprint density at radius 2 is 0.875 bits per heavy atom. The molecule has 0 radical (unpaired) electrons. The lowest BCUT2D eigenvalue weighted by atomic mass is 9.87. The zero-order valence-corrected chi connectivity index (χ0v) is 39.8. The first-order valence-electron chi connectivity index (χ1n) is 18.4. The van der Waals surface area contributed by atoms with Gasteiger partial charge in [-0.3, -0.25) is 40.9 Å². The second kappa shape index (κ2) is 21.7. The lowest BCUT2D eigenvalue weighted by Gasteiger charge is -2.41. The minimum atomic E-state index is -2.57. The number of halogens is 2. The van der Waals surface area contributed by atoms with Crippen LogP contribution < -0.4 is 21.7 Å². The molecule has 0 aliphatic heterocycles. The van der Waals surface area contributed by atoms with Gasteiger partial charge in [0.2, 0.25) is 0 Å². The van der Waals surface area contributed by atoms with Crippen LogP contribution in [0.25, 0.3) is 0 Å². The summed E-state index contributed by atoms with van der Waals surface area (Å²) in [7, 11) is -5.14. The van der Waals surface area contributed by atoms with Gasteiger partial charge in [0.05, 0.1) is 13.2 Å². The average Bonchev–Trinajstić information content (AvgIpc) is 3.10. The first-order chi connectivity index (χ1) is 25.9. The third kappa shape index (κ3) is 16.9. The number of amides is 4. The Morgan fingerprint density at radius 1 is 0.571 bits per heavy atom. The number of rotatable bonds is 17. The number of hydrogen-bond acceptors (Lipinski definition) is 8. The van der Waals surface area contributed by atoms with E-state index in [9.17, 15) is 19.2 Å². The van der Waals surface area contributed by atoms with Crippen LogP contribution in [0.3, 0.4) is 0 Å². The highest BCUT2D eigenvalue weighted by molar-refractivity contribution is 9.11. The van der Waals surface area contributed by atoms with Gasteiger partial charge in [-0.25, -0.2) is 0 Å². The van der Waals surface area contributed by atoms with Crippen molar-refractivity contribution in [3.63, 3.8) is 0 Å². The van der Waals surface area contributed by atoms with Crippen LogP contribution in [0.2, 0.25) is 39.3 Å². The minimum Gasteiger partial charge on any atom is -0.409 e. The summed E-state index contributed by atoms with van der Waals surface area (Å²) in [5.41, 5.74) is 12.6. The summed E-state index contributed by atoms with van der Waals surface area (Å²) >= 11 is 6.48. The number of nitrogens with one attached hydrogen (secondary N) is 4. The van der Waals surface area contributed by atoms with Crippen LogP contribution in [-0.2, 0) is 38.7 Å². The van der Waals surface area contributed by atoms with Crippen molar-refractivity contribution in [1.29, 1.82) is 0 Å². The summed E-state index contributed by atoms with van der Waals surface area (Å²) in [6.07, 6.45) is -2.02. The molecule has 16 heteroatoms. The zero-order chi connectivity index (χ0) is 42.5. The van der Waals surface area contributed by atoms with Crippen molar-refractivity contribution >= 4 is 72.1 Å². The molecular formula is C40H60Br2N4O8Si2. The third-order valence-corrected chi connectivity index (χ3v) is 10.7. The highest BCUT2D eigenvalue weighted by Crippen LogP contribution is 2.27. The number of hydrazine groups is 2. The summed E-state index contributed by atoms with van der Waals surface area (Å²) in [5.74, 6) is -2.57. The quantitative estimate of drug-likeness (QED) is 0.0939. The summed E-state index contributed by atoms with van der Waals surface area (Å²) in [5, 5.41) is 0. The van der Waals surface area contributed by atoms with E-state index in [0.29, 0.717) is 11.1 Å². The SMILES string of the molecule is CC(C)(C)c1ccc(C(=O)NNC(=O)[C@H](OC/C=C/Br)[C@H](O[Si](C)(C)C)[C@@H](O[Si](C)(C)C)[C@@H](OC/C=C/Br)C(=O)NNC(=O)c2ccc(C(C)(C)C)cc2)cc1. The fraction of sp³-hybridized carbons (Fsp3) is 0.500. The van der Waals surface area contributed by atoms with Crippen molar-refractivity contribution in [2.24, 2.45) is 0 Å². The van der Waals surface area contributed by atoms with E-state index in [-0.39, 0.29) is 24.0 Å². The number of carbonyl (C=O) groups excluding carboxylic acids is 4. The van der Waals surface area contributed by atoms with Crippen LogP contribution in [0.1, 0.15) is 73.4 Å². The normalized spacial score (nSPS) is 14.9. The van der Waals surface area contributed by atoms with Gasteiger partial charge >= 0.3 is 0 Å². The summed E-state index contributed by atoms with van der Waals surface area (Å²) in [6.45, 7) is 23.9. The van der Waals surface area contributed by atoms with Crippen molar-refractivity contribution in [2.75, 3.05) is 13.2 Å². The van der Waals surface area contributed by atoms with Crippen LogP contribution in [-0.4, -0.2) is 77.9 Å². The largest absolute Gasteiger partial charge is 0.409 e. The van der Waals surface area contributed by atoms with E-state index < -0.39 is 64.7 Å². The zero-order valence-electron chi connectivity index (χ0n) is 34.7. The van der Waals surface area contributed by atoms with E-state index in [1.807, 2.05) is 63.5 Å². The van der Waals surface area contributed by atoms with Crippen molar-refractivity contribution < 1.29 is 37.5 Å². The fourth-order valence-electron chi connectivity index (χ4n) is 5.22. The predicted octanol–water partition coefficient (Wildman–Crippen LogP) is 7.53. The fourth-order valence-corrected chi connectivity index (χ4v) is 7.67. The molecule has 0 aromatic heterocycles. The maximum Gasteiger partial charge on any atom is 0.270 e. The predicted molar refractivity (Wildman–Crippen MR) is 234 cm³/mol. The molecule has 0 aliphatic rings. The molecule has 0 heterocycles. The van der Waals surface area contributed by atoms with Crippen molar-refractivity contribution in [1.82, 2.24) is 21.7 Å². The second-order valence-electron chi connectivity index (χ2n) is 17.2. The molecule has 0 aliphatic carbocycles. The number of hydrogen-bond donors (Lipinski definition) is 4. The lowest BCUT2D eigenvalue weighted by molar-refractivity contribution is -0.161. The van der Waals surface area contributed by atoms with Gasteiger partial charge < -0.3 is 18.3 Å². The second-order valence-corrected chi connectivity index (χ2v) is 27.1. The van der Waals surface area contributed by atoms with Gasteiger partial charge in [-0.1, -0.05) is 110 Å². The molecular weight excluding hydrogens is 880 g/mol. The van der Waals surface area contributed by atoms with E-state index in [2.05, 4.69) is 95.1 Å². The molecule has 56 heavy (non-hydrogen) atoms. The maximum absolute atomic E-state index is 14.2. The molecule has 0 spiro atoms. The Kier molecular flexibility index (Phi) is 19.1. The van der Waals surface area contributed by atoms with Crippen molar-refractivity contribution in [2.45, 2.75) is 116 Å². The summed E-state index contributed by atoms with van der Waals surface area (Å²) in [4.78, 5) is 57.9. The summed E-state index contributed by atoms with van der Waals surface area (Å²) < 4.78 is 25.7. The molecule has 2 aromatic carbocycles. The first kappa shape index (κ1) is 49.2. The van der Waals surface area contributed by atoms with Crippen LogP contribution >= 0.6 is 31.9 Å². The average molecular weight is 941 g/mol. The molecule has 2 aromatic rings. The van der Waals surface area contributed by atoms with Gasteiger partial charge in [0.15, 0.2) is 28.8 Å². The van der Waals surface area contributed by atoms with Gasteiger partial charge in [0.25, 0.3) is 23.6 Å². The Morgan fingerprint density at radius 3 is 1.12 bits per heavy atom. The van der Waals surface area contributed by atoms with Gasteiger partial charge in [-0.2, -0.15) is 0 Å². The Bertz CT molecular complexity index is 1540. The van der Waals surface area contributed by atoms with Crippen molar-refractivity contribution in [3.8, 4) is 0 Å². The van der Waals surface area contributed by atoms with Gasteiger partial charge in [0.1, 0.15) is 12.2 Å². The molecule has 0 saturated heterocycles. The lowest BCUT2D eigenvalue weighted by Crippen LogP contribution is -2.63. The molecule has 0 unspecified atom stereocenters. The van der Waals surface area contributed by atoms with E-state index >= 15 is 0 Å². The molecule has 2 rings (SSSR count). The first-order valence-corrected chi connectivity index (χ1v) is 27.0. The molecule has 12 nitrogen and oxygen atoms in total. The van der Waals surface area contributed by atoms with E-state index in [4.69, 9.17) is 18.3 Å². The molecule has 310 valence electrons. The number of carbonyl (C=O) groups is 4. The van der Waals surface area contributed by atoms with E-state index in [1.165, 1.54) is 0 Å². The molecule has 0 saturated carbocycles. The Balaban J connectivity index is 2.55. The molecule has 0 bridgehead atoms. The monoisotopic (exact) mass is 938 g/mol. The highest BCUT2D eigenvalue weighted by atomic mass is 79.9. The van der Waals surface area contributed by atoms with Crippen LogP contribution in [0.15, 0.2) is 70.7 Å². The standard InChI is InChI=1S/C40H60Br2N4O8Si2/c1-39(2,3)29-19-15-27(16-20-29)35(47)43-45-37(49)33(51-25-13-23-41)31(53-55(7,8)9)32(54-56(10,11)12)34(52-26-14-24-42)38(50)46-44-36(48)28-17-21-30(22-18-28)40(4,5)6/h13-24,31-34H,25-26H2,1-12H3,(H,43,47)(H,44,48)(H,45,49)(H,46,50)/b23-13+,24-14+/t31-,32-,33-,34-/m1/s1. The maximum atomic E-state index is 14.2. The topological polar surface area (TPSA) is 153 Å².